The molecule has 0 radical (unpaired) electrons. The molecule has 144 valence electrons. The van der Waals surface area contributed by atoms with Crippen LogP contribution in [0.1, 0.15) is 47.8 Å². The molecule has 3 heterocycles. The Morgan fingerprint density at radius 1 is 1.07 bits per heavy atom. The van der Waals surface area contributed by atoms with Crippen molar-refractivity contribution in [2.45, 2.75) is 38.1 Å². The molecule has 0 unspecified atom stereocenters. The molecule has 6 heteroatoms. The fraction of sp³-hybridized carbons (Fsp3) is 0.409. The standard InChI is InChI=1S/C22H24N4O2/c27-21-8-7-19(16-5-6-16)24-26(21)14-15-9-11-25(12-10-15)22(28)20-13-17-3-1-2-4-18(17)23-20/h1-4,7-8,13,15-16,23H,5-6,9-12,14H2. The van der Waals surface area contributed by atoms with E-state index in [1.807, 2.05) is 41.3 Å². The first-order valence-electron chi connectivity index (χ1n) is 10.1. The summed E-state index contributed by atoms with van der Waals surface area (Å²) in [4.78, 5) is 30.1. The predicted octanol–water partition coefficient (Wildman–Crippen LogP) is 3.15. The Bertz CT molecular complexity index is 1040. The van der Waals surface area contributed by atoms with Crippen LogP contribution < -0.4 is 5.56 Å². The van der Waals surface area contributed by atoms with Gasteiger partial charge in [-0.3, -0.25) is 9.59 Å². The zero-order chi connectivity index (χ0) is 19.1. The summed E-state index contributed by atoms with van der Waals surface area (Å²) >= 11 is 0. The van der Waals surface area contributed by atoms with E-state index in [1.54, 1.807) is 10.7 Å². The van der Waals surface area contributed by atoms with E-state index in [1.165, 1.54) is 12.8 Å². The number of rotatable bonds is 4. The summed E-state index contributed by atoms with van der Waals surface area (Å²) in [6.45, 7) is 2.08. The van der Waals surface area contributed by atoms with Gasteiger partial charge in [-0.1, -0.05) is 18.2 Å². The number of fused-ring (bicyclic) bond motifs is 1. The zero-order valence-corrected chi connectivity index (χ0v) is 15.8. The van der Waals surface area contributed by atoms with Gasteiger partial charge in [-0.25, -0.2) is 4.68 Å². The summed E-state index contributed by atoms with van der Waals surface area (Å²) in [6, 6.07) is 13.4. The predicted molar refractivity (Wildman–Crippen MR) is 107 cm³/mol. The molecule has 1 N–H and O–H groups in total. The third-order valence-electron chi connectivity index (χ3n) is 5.98. The van der Waals surface area contributed by atoms with Crippen molar-refractivity contribution in [1.29, 1.82) is 0 Å². The first-order chi connectivity index (χ1) is 13.7. The number of likely N-dealkylation sites (tertiary alicyclic amines) is 1. The number of aromatic nitrogens is 3. The summed E-state index contributed by atoms with van der Waals surface area (Å²) in [5, 5.41) is 5.63. The van der Waals surface area contributed by atoms with Gasteiger partial charge in [0.15, 0.2) is 0 Å². The third kappa shape index (κ3) is 3.35. The average molecular weight is 376 g/mol. The van der Waals surface area contributed by atoms with Gasteiger partial charge in [0.25, 0.3) is 11.5 Å². The van der Waals surface area contributed by atoms with Crippen LogP contribution in [0, 0.1) is 5.92 Å². The molecule has 5 rings (SSSR count). The number of carbonyl (C=O) groups is 1. The van der Waals surface area contributed by atoms with Crippen LogP contribution in [0.25, 0.3) is 10.9 Å². The largest absolute Gasteiger partial charge is 0.351 e. The van der Waals surface area contributed by atoms with Gasteiger partial charge in [-0.05, 0) is 49.8 Å². The van der Waals surface area contributed by atoms with Gasteiger partial charge in [-0.2, -0.15) is 5.10 Å². The molecule has 1 aliphatic carbocycles. The number of H-pyrrole nitrogens is 1. The molecule has 2 fully saturated rings. The van der Waals surface area contributed by atoms with Crippen LogP contribution in [0.3, 0.4) is 0 Å². The molecule has 1 amide bonds. The lowest BCUT2D eigenvalue weighted by Crippen LogP contribution is -2.40. The van der Waals surface area contributed by atoms with Crippen LogP contribution in [0.5, 0.6) is 0 Å². The van der Waals surface area contributed by atoms with Crippen LogP contribution in [-0.2, 0) is 6.54 Å². The van der Waals surface area contributed by atoms with Gasteiger partial charge in [-0.15, -0.1) is 0 Å². The van der Waals surface area contributed by atoms with Crippen molar-refractivity contribution in [2.75, 3.05) is 13.1 Å². The molecule has 1 aliphatic heterocycles. The highest BCUT2D eigenvalue weighted by molar-refractivity contribution is 5.98. The van der Waals surface area contributed by atoms with Crippen molar-refractivity contribution in [3.8, 4) is 0 Å². The number of hydrogen-bond donors (Lipinski definition) is 1. The Kier molecular flexibility index (Phi) is 4.26. The Balaban J connectivity index is 1.23. The molecule has 0 spiro atoms. The van der Waals surface area contributed by atoms with Crippen LogP contribution in [0.4, 0.5) is 0 Å². The SMILES string of the molecule is O=C(c1cc2ccccc2[nH]1)N1CCC(Cn2nc(C3CC3)ccc2=O)CC1. The highest BCUT2D eigenvalue weighted by Gasteiger charge is 2.27. The summed E-state index contributed by atoms with van der Waals surface area (Å²) in [5.74, 6) is 0.981. The van der Waals surface area contributed by atoms with Gasteiger partial charge in [0.1, 0.15) is 5.69 Å². The molecular formula is C22H24N4O2. The van der Waals surface area contributed by atoms with Crippen molar-refractivity contribution in [1.82, 2.24) is 19.7 Å². The molecule has 1 saturated heterocycles. The fourth-order valence-electron chi connectivity index (χ4n) is 4.11. The minimum absolute atomic E-state index is 0.0269. The maximum Gasteiger partial charge on any atom is 0.270 e. The summed E-state index contributed by atoms with van der Waals surface area (Å²) in [6.07, 6.45) is 4.15. The Labute approximate surface area is 163 Å². The number of benzene rings is 1. The average Bonchev–Trinajstić information content (AvgIpc) is 3.48. The second-order valence-corrected chi connectivity index (χ2v) is 8.06. The van der Waals surface area contributed by atoms with Gasteiger partial charge >= 0.3 is 0 Å². The van der Waals surface area contributed by atoms with E-state index in [0.717, 1.165) is 42.5 Å². The molecule has 0 atom stereocenters. The molecule has 6 nitrogen and oxygen atoms in total. The molecule has 0 bridgehead atoms. The van der Waals surface area contributed by atoms with E-state index >= 15 is 0 Å². The fourth-order valence-corrected chi connectivity index (χ4v) is 4.11. The highest BCUT2D eigenvalue weighted by atomic mass is 16.2. The number of nitrogens with one attached hydrogen (secondary N) is 1. The first kappa shape index (κ1) is 17.2. The van der Waals surface area contributed by atoms with Crippen LogP contribution in [-0.4, -0.2) is 38.7 Å². The minimum Gasteiger partial charge on any atom is -0.351 e. The van der Waals surface area contributed by atoms with E-state index in [2.05, 4.69) is 10.1 Å². The number of nitrogens with zero attached hydrogens (tertiary/aromatic N) is 3. The summed E-state index contributed by atoms with van der Waals surface area (Å²) < 4.78 is 1.63. The van der Waals surface area contributed by atoms with Crippen molar-refractivity contribution in [3.63, 3.8) is 0 Å². The lowest BCUT2D eigenvalue weighted by atomic mass is 9.96. The number of para-hydroxylation sites is 1. The van der Waals surface area contributed by atoms with Crippen molar-refractivity contribution >= 4 is 16.8 Å². The lowest BCUT2D eigenvalue weighted by Gasteiger charge is -2.31. The number of amides is 1. The van der Waals surface area contributed by atoms with E-state index in [-0.39, 0.29) is 11.5 Å². The molecular weight excluding hydrogens is 352 g/mol. The first-order valence-corrected chi connectivity index (χ1v) is 10.1. The molecule has 1 saturated carbocycles. The Morgan fingerprint density at radius 3 is 2.61 bits per heavy atom. The zero-order valence-electron chi connectivity index (χ0n) is 15.8. The number of piperidine rings is 1. The van der Waals surface area contributed by atoms with Gasteiger partial charge in [0.05, 0.1) is 5.69 Å². The van der Waals surface area contributed by atoms with Gasteiger partial charge in [0, 0.05) is 42.5 Å². The summed E-state index contributed by atoms with van der Waals surface area (Å²) in [7, 11) is 0. The number of aromatic amines is 1. The van der Waals surface area contributed by atoms with E-state index in [0.29, 0.717) is 24.1 Å². The maximum absolute atomic E-state index is 12.8. The minimum atomic E-state index is -0.0269. The Hall–Kier alpha value is -2.89. The smallest absolute Gasteiger partial charge is 0.270 e. The van der Waals surface area contributed by atoms with E-state index in [9.17, 15) is 9.59 Å². The molecule has 28 heavy (non-hydrogen) atoms. The van der Waals surface area contributed by atoms with Crippen molar-refractivity contribution in [2.24, 2.45) is 5.92 Å². The van der Waals surface area contributed by atoms with Gasteiger partial charge in [0.2, 0.25) is 0 Å². The normalized spacial score (nSPS) is 17.9. The number of hydrogen-bond acceptors (Lipinski definition) is 3. The van der Waals surface area contributed by atoms with Gasteiger partial charge < -0.3 is 9.88 Å². The van der Waals surface area contributed by atoms with Crippen molar-refractivity contribution < 1.29 is 4.79 Å². The maximum atomic E-state index is 12.8. The van der Waals surface area contributed by atoms with Crippen molar-refractivity contribution in [3.05, 3.63) is 64.2 Å². The van der Waals surface area contributed by atoms with E-state index in [4.69, 9.17) is 0 Å². The highest BCUT2D eigenvalue weighted by Crippen LogP contribution is 2.38. The number of carbonyl (C=O) groups excluding carboxylic acids is 1. The summed E-state index contributed by atoms with van der Waals surface area (Å²) in [5.41, 5.74) is 2.66. The second kappa shape index (κ2) is 6.93. The molecule has 2 aliphatic rings. The van der Waals surface area contributed by atoms with Crippen LogP contribution in [0.2, 0.25) is 0 Å². The lowest BCUT2D eigenvalue weighted by molar-refractivity contribution is 0.0675. The monoisotopic (exact) mass is 376 g/mol. The molecule has 1 aromatic carbocycles. The molecule has 3 aromatic rings. The molecule has 2 aromatic heterocycles. The second-order valence-electron chi connectivity index (χ2n) is 8.06. The quantitative estimate of drug-likeness (QED) is 0.760. The van der Waals surface area contributed by atoms with Crippen LogP contribution in [0.15, 0.2) is 47.3 Å². The topological polar surface area (TPSA) is 71.0 Å². The Morgan fingerprint density at radius 2 is 1.86 bits per heavy atom. The third-order valence-corrected chi connectivity index (χ3v) is 5.98. The van der Waals surface area contributed by atoms with E-state index < -0.39 is 0 Å². The van der Waals surface area contributed by atoms with Crippen LogP contribution >= 0.6 is 0 Å².